The molecular weight excluding hydrogens is 580 g/mol. The Morgan fingerprint density at radius 2 is 1.00 bits per heavy atom. The van der Waals surface area contributed by atoms with Crippen molar-refractivity contribution in [2.75, 3.05) is 4.90 Å². The van der Waals surface area contributed by atoms with Crippen molar-refractivity contribution >= 4 is 29.6 Å². The minimum atomic E-state index is -0.499. The second-order valence-corrected chi connectivity index (χ2v) is 13.0. The molecule has 0 atom stereocenters. The lowest BCUT2D eigenvalue weighted by molar-refractivity contribution is 0.00578. The van der Waals surface area contributed by atoms with Crippen molar-refractivity contribution < 1.29 is 13.7 Å². The van der Waals surface area contributed by atoms with Gasteiger partial charge < -0.3 is 14.2 Å². The molecule has 232 valence electrons. The Balaban J connectivity index is 1.44. The minimum absolute atomic E-state index is 0.317. The van der Waals surface area contributed by atoms with E-state index in [2.05, 4.69) is 58.0 Å². The lowest BCUT2D eigenvalue weighted by Crippen LogP contribution is -2.41. The number of nitrogens with zero attached hydrogens (tertiary/aromatic N) is 1. The molecule has 0 amide bonds. The molecule has 0 bridgehead atoms. The first-order valence-corrected chi connectivity index (χ1v) is 16.1. The van der Waals surface area contributed by atoms with Crippen LogP contribution in [0, 0.1) is 5.82 Å². The van der Waals surface area contributed by atoms with Crippen LogP contribution < -0.4 is 10.4 Å². The first-order chi connectivity index (χ1) is 22.7. The maximum absolute atomic E-state index is 17.1. The molecular formula is C42H37BFNO2. The van der Waals surface area contributed by atoms with Gasteiger partial charge in [0.1, 0.15) is 5.82 Å². The van der Waals surface area contributed by atoms with Crippen molar-refractivity contribution in [1.82, 2.24) is 0 Å². The second kappa shape index (κ2) is 12.3. The van der Waals surface area contributed by atoms with Gasteiger partial charge in [-0.3, -0.25) is 0 Å². The van der Waals surface area contributed by atoms with E-state index in [-0.39, 0.29) is 5.82 Å². The molecule has 5 heteroatoms. The van der Waals surface area contributed by atoms with E-state index in [4.69, 9.17) is 9.31 Å². The highest BCUT2D eigenvalue weighted by atomic mass is 19.1. The maximum Gasteiger partial charge on any atom is 0.494 e. The number of hydrogen-bond acceptors (Lipinski definition) is 3. The SMILES string of the molecule is CC1(C)OB(c2ccc(N(c3ccccc3-c3ccccc3)c3c(F)cc(-c4ccccc4)cc3-c3ccccc3)cc2)OC1(C)C. The van der Waals surface area contributed by atoms with Crippen LogP contribution in [0.4, 0.5) is 21.5 Å². The third-order valence-electron chi connectivity index (χ3n) is 9.39. The Hall–Kier alpha value is -4.97. The van der Waals surface area contributed by atoms with Gasteiger partial charge in [-0.15, -0.1) is 0 Å². The minimum Gasteiger partial charge on any atom is -0.399 e. The number of benzene rings is 6. The summed E-state index contributed by atoms with van der Waals surface area (Å²) in [6, 6.07) is 50.3. The fourth-order valence-corrected chi connectivity index (χ4v) is 6.14. The highest BCUT2D eigenvalue weighted by Gasteiger charge is 2.51. The second-order valence-electron chi connectivity index (χ2n) is 13.0. The average Bonchev–Trinajstić information content (AvgIpc) is 3.33. The number of hydrogen-bond donors (Lipinski definition) is 0. The van der Waals surface area contributed by atoms with Gasteiger partial charge in [-0.25, -0.2) is 4.39 Å². The summed E-state index contributed by atoms with van der Waals surface area (Å²) in [5.41, 5.74) is 7.69. The van der Waals surface area contributed by atoms with Crippen molar-refractivity contribution in [3.8, 4) is 33.4 Å². The van der Waals surface area contributed by atoms with Gasteiger partial charge in [0.2, 0.25) is 0 Å². The normalized spacial score (nSPS) is 15.0. The smallest absolute Gasteiger partial charge is 0.399 e. The van der Waals surface area contributed by atoms with E-state index >= 15 is 4.39 Å². The molecule has 0 saturated carbocycles. The van der Waals surface area contributed by atoms with Gasteiger partial charge in [-0.2, -0.15) is 0 Å². The number of halogens is 1. The summed E-state index contributed by atoms with van der Waals surface area (Å²) >= 11 is 0. The number of anilines is 3. The average molecular weight is 618 g/mol. The molecule has 0 N–H and O–H groups in total. The summed E-state index contributed by atoms with van der Waals surface area (Å²) in [5, 5.41) is 0. The molecule has 0 spiro atoms. The monoisotopic (exact) mass is 617 g/mol. The van der Waals surface area contributed by atoms with Crippen LogP contribution in [0.3, 0.4) is 0 Å². The van der Waals surface area contributed by atoms with Crippen molar-refractivity contribution in [2.45, 2.75) is 38.9 Å². The molecule has 47 heavy (non-hydrogen) atoms. The molecule has 6 aromatic rings. The molecule has 6 aromatic carbocycles. The molecule has 1 fully saturated rings. The van der Waals surface area contributed by atoms with Gasteiger partial charge >= 0.3 is 7.12 Å². The third kappa shape index (κ3) is 5.89. The zero-order valence-electron chi connectivity index (χ0n) is 27.2. The van der Waals surface area contributed by atoms with Gasteiger partial charge in [0.25, 0.3) is 0 Å². The molecule has 0 unspecified atom stereocenters. The molecule has 1 heterocycles. The molecule has 0 radical (unpaired) electrons. The van der Waals surface area contributed by atoms with Crippen LogP contribution in [-0.4, -0.2) is 18.3 Å². The first-order valence-electron chi connectivity index (χ1n) is 16.1. The quantitative estimate of drug-likeness (QED) is 0.166. The fraction of sp³-hybridized carbons (Fsp3) is 0.143. The first kappa shape index (κ1) is 30.7. The molecule has 7 rings (SSSR count). The van der Waals surface area contributed by atoms with Crippen LogP contribution in [0.1, 0.15) is 27.7 Å². The maximum atomic E-state index is 17.1. The van der Waals surface area contributed by atoms with Crippen LogP contribution in [0.15, 0.2) is 152 Å². The molecule has 1 aliphatic heterocycles. The van der Waals surface area contributed by atoms with Gasteiger partial charge in [-0.05, 0) is 85.7 Å². The highest BCUT2D eigenvalue weighted by Crippen LogP contribution is 2.47. The van der Waals surface area contributed by atoms with Crippen LogP contribution in [0.2, 0.25) is 0 Å². The van der Waals surface area contributed by atoms with E-state index in [0.29, 0.717) is 5.69 Å². The van der Waals surface area contributed by atoms with Crippen molar-refractivity contribution in [3.63, 3.8) is 0 Å². The van der Waals surface area contributed by atoms with E-state index in [1.165, 1.54) is 0 Å². The predicted molar refractivity (Wildman–Crippen MR) is 193 cm³/mol. The van der Waals surface area contributed by atoms with E-state index in [9.17, 15) is 0 Å². The number of para-hydroxylation sites is 1. The molecule has 3 nitrogen and oxygen atoms in total. The lowest BCUT2D eigenvalue weighted by atomic mass is 9.79. The predicted octanol–water partition coefficient (Wildman–Crippen LogP) is 10.6. The molecule has 1 saturated heterocycles. The largest absolute Gasteiger partial charge is 0.494 e. The summed E-state index contributed by atoms with van der Waals surface area (Å²) in [7, 11) is -0.499. The summed E-state index contributed by atoms with van der Waals surface area (Å²) in [4.78, 5) is 2.04. The summed E-state index contributed by atoms with van der Waals surface area (Å²) < 4.78 is 29.8. The Morgan fingerprint density at radius 1 is 0.511 bits per heavy atom. The van der Waals surface area contributed by atoms with Crippen LogP contribution >= 0.6 is 0 Å². The summed E-state index contributed by atoms with van der Waals surface area (Å²) in [6.07, 6.45) is 0. The summed E-state index contributed by atoms with van der Waals surface area (Å²) in [5.74, 6) is -0.317. The Morgan fingerprint density at radius 3 is 1.57 bits per heavy atom. The van der Waals surface area contributed by atoms with Gasteiger partial charge in [0.15, 0.2) is 0 Å². The highest BCUT2D eigenvalue weighted by molar-refractivity contribution is 6.62. The lowest BCUT2D eigenvalue weighted by Gasteiger charge is -2.32. The molecule has 1 aliphatic rings. The van der Waals surface area contributed by atoms with E-state index in [0.717, 1.165) is 50.2 Å². The topological polar surface area (TPSA) is 21.7 Å². The van der Waals surface area contributed by atoms with Gasteiger partial charge in [0.05, 0.1) is 22.6 Å². The van der Waals surface area contributed by atoms with Crippen LogP contribution in [-0.2, 0) is 9.31 Å². The van der Waals surface area contributed by atoms with Crippen molar-refractivity contribution in [1.29, 1.82) is 0 Å². The Bertz CT molecular complexity index is 1980. The van der Waals surface area contributed by atoms with E-state index in [1.807, 2.05) is 120 Å². The fourth-order valence-electron chi connectivity index (χ4n) is 6.14. The van der Waals surface area contributed by atoms with Gasteiger partial charge in [0, 0.05) is 16.8 Å². The molecule has 0 aliphatic carbocycles. The van der Waals surface area contributed by atoms with E-state index in [1.54, 1.807) is 6.07 Å². The zero-order chi connectivity index (χ0) is 32.6. The van der Waals surface area contributed by atoms with Crippen molar-refractivity contribution in [3.05, 3.63) is 157 Å². The summed E-state index contributed by atoms with van der Waals surface area (Å²) in [6.45, 7) is 8.21. The number of rotatable bonds is 7. The van der Waals surface area contributed by atoms with Crippen molar-refractivity contribution in [2.24, 2.45) is 0 Å². The standard InChI is InChI=1S/C42H37BFNO2/c1-41(2)42(3,4)47-43(46-41)34-24-26-35(27-25-34)45(39-23-15-14-22-36(39)31-18-10-6-11-19-31)40-37(32-20-12-7-13-21-32)28-33(29-38(40)44)30-16-8-5-9-17-30/h5-29H,1-4H3. The van der Waals surface area contributed by atoms with E-state index < -0.39 is 18.3 Å². The van der Waals surface area contributed by atoms with Crippen LogP contribution in [0.5, 0.6) is 0 Å². The Labute approximate surface area is 277 Å². The third-order valence-corrected chi connectivity index (χ3v) is 9.39. The van der Waals surface area contributed by atoms with Gasteiger partial charge in [-0.1, -0.05) is 121 Å². The van der Waals surface area contributed by atoms with Crippen LogP contribution in [0.25, 0.3) is 33.4 Å². The molecule has 0 aromatic heterocycles. The zero-order valence-corrected chi connectivity index (χ0v) is 27.2. The Kier molecular flexibility index (Phi) is 8.05.